The van der Waals surface area contributed by atoms with Gasteiger partial charge in [-0.2, -0.15) is 9.61 Å². The van der Waals surface area contributed by atoms with Crippen molar-refractivity contribution in [1.82, 2.24) is 24.5 Å². The Bertz CT molecular complexity index is 1250. The third kappa shape index (κ3) is 3.72. The smallest absolute Gasteiger partial charge is 0.274 e. The standard InChI is InChI=1S/C22H27N7O4/c1-23-19-10-18(25-14-4-3-9-28(22(14)32)15-6-8-17(15)33-2)27-20-12(11-24-29(19)20)21(31)26-13-5-7-16(13)30/h3-4,9-11,13,15-17,23,30H,5-8H2,1-2H3,(H,25,27)(H,26,31)/t13?,15-,16?,17-/m0/s1. The van der Waals surface area contributed by atoms with Gasteiger partial charge < -0.3 is 30.4 Å². The molecule has 0 saturated heterocycles. The fraction of sp³-hybridized carbons (Fsp3) is 0.455. The Labute approximate surface area is 189 Å². The number of aromatic nitrogens is 4. The fourth-order valence-corrected chi connectivity index (χ4v) is 4.31. The van der Waals surface area contributed by atoms with Gasteiger partial charge >= 0.3 is 0 Å². The van der Waals surface area contributed by atoms with Crippen molar-refractivity contribution in [3.05, 3.63) is 46.5 Å². The molecular weight excluding hydrogens is 426 g/mol. The van der Waals surface area contributed by atoms with Crippen LogP contribution in [0.2, 0.25) is 0 Å². The molecule has 4 atom stereocenters. The van der Waals surface area contributed by atoms with E-state index in [0.29, 0.717) is 29.4 Å². The van der Waals surface area contributed by atoms with Crippen LogP contribution in [0, 0.1) is 0 Å². The minimum atomic E-state index is -0.525. The van der Waals surface area contributed by atoms with Gasteiger partial charge in [0.1, 0.15) is 22.9 Å². The second-order valence-corrected chi connectivity index (χ2v) is 8.47. The molecule has 0 aliphatic heterocycles. The zero-order valence-corrected chi connectivity index (χ0v) is 18.5. The maximum absolute atomic E-state index is 13.1. The summed E-state index contributed by atoms with van der Waals surface area (Å²) in [6.07, 6.45) is 5.96. The number of nitrogens with one attached hydrogen (secondary N) is 3. The van der Waals surface area contributed by atoms with Crippen LogP contribution in [-0.2, 0) is 4.74 Å². The van der Waals surface area contributed by atoms with E-state index < -0.39 is 6.10 Å². The van der Waals surface area contributed by atoms with Gasteiger partial charge in [-0.05, 0) is 37.8 Å². The highest BCUT2D eigenvalue weighted by molar-refractivity contribution is 6.00. The van der Waals surface area contributed by atoms with Gasteiger partial charge in [0.15, 0.2) is 5.65 Å². The highest BCUT2D eigenvalue weighted by Gasteiger charge is 2.33. The molecule has 11 nitrogen and oxygen atoms in total. The first-order chi connectivity index (χ1) is 16.0. The summed E-state index contributed by atoms with van der Waals surface area (Å²) in [6.45, 7) is 0. The Morgan fingerprint density at radius 1 is 1.27 bits per heavy atom. The molecule has 0 bridgehead atoms. The van der Waals surface area contributed by atoms with Gasteiger partial charge in [-0.15, -0.1) is 0 Å². The SMILES string of the molecule is CNc1cc(Nc2cccn([C@H]3CC[C@@H]3OC)c2=O)nc2c(C(=O)NC3CCC3O)cnn12. The predicted molar refractivity (Wildman–Crippen MR) is 122 cm³/mol. The van der Waals surface area contributed by atoms with Gasteiger partial charge in [0.2, 0.25) is 0 Å². The Morgan fingerprint density at radius 2 is 2.12 bits per heavy atom. The Hall–Kier alpha value is -3.44. The molecule has 2 aliphatic carbocycles. The van der Waals surface area contributed by atoms with Crippen molar-refractivity contribution < 1.29 is 14.6 Å². The van der Waals surface area contributed by atoms with Crippen LogP contribution in [0.25, 0.3) is 5.65 Å². The molecule has 0 spiro atoms. The molecule has 11 heteroatoms. The number of hydrogen-bond donors (Lipinski definition) is 4. The van der Waals surface area contributed by atoms with Gasteiger partial charge in [-0.1, -0.05) is 0 Å². The summed E-state index contributed by atoms with van der Waals surface area (Å²) < 4.78 is 8.67. The van der Waals surface area contributed by atoms with E-state index in [-0.39, 0.29) is 35.2 Å². The molecule has 0 radical (unpaired) electrons. The minimum absolute atomic E-state index is 0.0135. The van der Waals surface area contributed by atoms with Crippen molar-refractivity contribution >= 4 is 28.9 Å². The van der Waals surface area contributed by atoms with E-state index in [1.165, 1.54) is 10.7 Å². The molecule has 2 saturated carbocycles. The average molecular weight is 454 g/mol. The summed E-state index contributed by atoms with van der Waals surface area (Å²) in [4.78, 5) is 30.5. The molecule has 0 aromatic carbocycles. The summed E-state index contributed by atoms with van der Waals surface area (Å²) in [7, 11) is 3.40. The summed E-state index contributed by atoms with van der Waals surface area (Å²) in [6, 6.07) is 4.98. The maximum Gasteiger partial charge on any atom is 0.274 e. The van der Waals surface area contributed by atoms with Crippen LogP contribution >= 0.6 is 0 Å². The van der Waals surface area contributed by atoms with Gasteiger partial charge in [0.25, 0.3) is 11.5 Å². The van der Waals surface area contributed by atoms with E-state index in [1.807, 2.05) is 6.07 Å². The van der Waals surface area contributed by atoms with Gasteiger partial charge in [-0.25, -0.2) is 4.98 Å². The Morgan fingerprint density at radius 3 is 2.76 bits per heavy atom. The third-order valence-electron chi connectivity index (χ3n) is 6.60. The summed E-state index contributed by atoms with van der Waals surface area (Å²) in [5, 5.41) is 23.0. The highest BCUT2D eigenvalue weighted by atomic mass is 16.5. The number of nitrogens with zero attached hydrogens (tertiary/aromatic N) is 4. The maximum atomic E-state index is 13.1. The molecule has 3 aromatic rings. The second kappa shape index (κ2) is 8.49. The van der Waals surface area contributed by atoms with Gasteiger partial charge in [-0.3, -0.25) is 9.59 Å². The summed E-state index contributed by atoms with van der Waals surface area (Å²) in [5.74, 6) is 0.648. The first-order valence-corrected chi connectivity index (χ1v) is 11.1. The zero-order valence-electron chi connectivity index (χ0n) is 18.5. The van der Waals surface area contributed by atoms with Crippen molar-refractivity contribution in [2.75, 3.05) is 24.8 Å². The number of carbonyl (C=O) groups is 1. The lowest BCUT2D eigenvalue weighted by atomic mass is 9.88. The normalized spacial score (nSPS) is 24.1. The van der Waals surface area contributed by atoms with Crippen LogP contribution in [-0.4, -0.2) is 62.6 Å². The Balaban J connectivity index is 1.46. The second-order valence-electron chi connectivity index (χ2n) is 8.47. The molecule has 33 heavy (non-hydrogen) atoms. The van der Waals surface area contributed by atoms with E-state index in [0.717, 1.165) is 19.3 Å². The third-order valence-corrected chi connectivity index (χ3v) is 6.60. The van der Waals surface area contributed by atoms with E-state index in [1.54, 1.807) is 37.1 Å². The Kier molecular flexibility index (Phi) is 5.51. The fourth-order valence-electron chi connectivity index (χ4n) is 4.31. The number of aliphatic hydroxyl groups excluding tert-OH is 1. The van der Waals surface area contributed by atoms with E-state index >= 15 is 0 Å². The molecule has 3 aromatic heterocycles. The summed E-state index contributed by atoms with van der Waals surface area (Å²) in [5.41, 5.74) is 0.839. The summed E-state index contributed by atoms with van der Waals surface area (Å²) >= 11 is 0. The monoisotopic (exact) mass is 453 g/mol. The lowest BCUT2D eigenvalue weighted by molar-refractivity contribution is -0.0103. The first kappa shape index (κ1) is 21.4. The average Bonchev–Trinajstić information content (AvgIpc) is 3.22. The number of anilines is 3. The minimum Gasteiger partial charge on any atom is -0.391 e. The number of rotatable bonds is 7. The number of aliphatic hydroxyl groups is 1. The molecule has 2 unspecified atom stereocenters. The number of pyridine rings is 1. The van der Waals surface area contributed by atoms with Crippen molar-refractivity contribution in [2.24, 2.45) is 0 Å². The lowest BCUT2D eigenvalue weighted by Gasteiger charge is -2.36. The van der Waals surface area contributed by atoms with Crippen molar-refractivity contribution in [2.45, 2.75) is 50.0 Å². The van der Waals surface area contributed by atoms with Crippen LogP contribution < -0.4 is 21.5 Å². The number of amides is 1. The molecule has 1 amide bonds. The molecular formula is C22H27N7O4. The number of methoxy groups -OCH3 is 1. The van der Waals surface area contributed by atoms with E-state index in [9.17, 15) is 14.7 Å². The van der Waals surface area contributed by atoms with E-state index in [4.69, 9.17) is 4.74 Å². The molecule has 4 N–H and O–H groups in total. The lowest BCUT2D eigenvalue weighted by Crippen LogP contribution is -2.50. The zero-order chi connectivity index (χ0) is 23.1. The van der Waals surface area contributed by atoms with Crippen molar-refractivity contribution in [3.63, 3.8) is 0 Å². The number of carbonyl (C=O) groups excluding carboxylic acids is 1. The van der Waals surface area contributed by atoms with Gasteiger partial charge in [0, 0.05) is 26.4 Å². The molecule has 3 heterocycles. The quantitative estimate of drug-likeness (QED) is 0.420. The number of hydrogen-bond acceptors (Lipinski definition) is 8. The van der Waals surface area contributed by atoms with E-state index in [2.05, 4.69) is 26.0 Å². The molecule has 5 rings (SSSR count). The molecule has 2 aliphatic rings. The van der Waals surface area contributed by atoms with Crippen LogP contribution in [0.3, 0.4) is 0 Å². The largest absolute Gasteiger partial charge is 0.391 e. The van der Waals surface area contributed by atoms with Crippen molar-refractivity contribution in [1.29, 1.82) is 0 Å². The molecule has 2 fully saturated rings. The predicted octanol–water partition coefficient (Wildman–Crippen LogP) is 1.28. The van der Waals surface area contributed by atoms with Crippen LogP contribution in [0.1, 0.15) is 42.1 Å². The van der Waals surface area contributed by atoms with Gasteiger partial charge in [0.05, 0.1) is 30.5 Å². The number of ether oxygens (including phenoxy) is 1. The van der Waals surface area contributed by atoms with Crippen molar-refractivity contribution in [3.8, 4) is 0 Å². The van der Waals surface area contributed by atoms with Crippen LogP contribution in [0.15, 0.2) is 35.4 Å². The van der Waals surface area contributed by atoms with Crippen LogP contribution in [0.4, 0.5) is 17.3 Å². The van der Waals surface area contributed by atoms with Crippen LogP contribution in [0.5, 0.6) is 0 Å². The molecule has 174 valence electrons. The topological polar surface area (TPSA) is 135 Å². The highest BCUT2D eigenvalue weighted by Crippen LogP contribution is 2.33. The first-order valence-electron chi connectivity index (χ1n) is 11.1. The number of fused-ring (bicyclic) bond motifs is 1.